The minimum absolute atomic E-state index is 0.0570. The molecule has 0 radical (unpaired) electrons. The van der Waals surface area contributed by atoms with E-state index < -0.39 is 5.82 Å². The molecule has 0 spiro atoms. The summed E-state index contributed by atoms with van der Waals surface area (Å²) in [6.07, 6.45) is 0. The Labute approximate surface area is 122 Å². The van der Waals surface area contributed by atoms with Crippen LogP contribution in [0.3, 0.4) is 0 Å². The second kappa shape index (κ2) is 4.62. The Morgan fingerprint density at radius 2 is 2.10 bits per heavy atom. The summed E-state index contributed by atoms with van der Waals surface area (Å²) in [5.74, 6) is -0.374. The van der Waals surface area contributed by atoms with Crippen LogP contribution >= 0.6 is 15.9 Å². The van der Waals surface area contributed by atoms with E-state index in [1.165, 1.54) is 12.1 Å². The van der Waals surface area contributed by atoms with Crippen molar-refractivity contribution in [2.24, 2.45) is 0 Å². The maximum Gasteiger partial charge on any atom is 0.205 e. The first-order chi connectivity index (χ1) is 9.61. The van der Waals surface area contributed by atoms with Crippen LogP contribution in [0.15, 0.2) is 40.9 Å². The van der Waals surface area contributed by atoms with Crippen molar-refractivity contribution in [3.05, 3.63) is 52.3 Å². The zero-order valence-corrected chi connectivity index (χ0v) is 11.7. The van der Waals surface area contributed by atoms with Crippen LogP contribution in [0, 0.1) is 17.1 Å². The molecular formula is C14H8BrFN4. The molecule has 1 aromatic heterocycles. The molecule has 0 amide bonds. The average molecular weight is 331 g/mol. The van der Waals surface area contributed by atoms with Crippen LogP contribution in [0.4, 0.5) is 10.3 Å². The topological polar surface area (TPSA) is 67.6 Å². The van der Waals surface area contributed by atoms with E-state index in [-0.39, 0.29) is 11.5 Å². The number of nitriles is 1. The number of anilines is 1. The Morgan fingerprint density at radius 1 is 1.30 bits per heavy atom. The largest absolute Gasteiger partial charge is 0.369 e. The first kappa shape index (κ1) is 12.6. The SMILES string of the molecule is N#Cc1c(F)cccc1-n1c(N)nc2ccc(Br)cc21. The van der Waals surface area contributed by atoms with Gasteiger partial charge in [-0.25, -0.2) is 9.37 Å². The predicted molar refractivity (Wildman–Crippen MR) is 77.9 cm³/mol. The zero-order valence-electron chi connectivity index (χ0n) is 10.1. The van der Waals surface area contributed by atoms with E-state index in [0.29, 0.717) is 16.7 Å². The van der Waals surface area contributed by atoms with Crippen molar-refractivity contribution < 1.29 is 4.39 Å². The van der Waals surface area contributed by atoms with Gasteiger partial charge in [-0.3, -0.25) is 4.57 Å². The molecule has 20 heavy (non-hydrogen) atoms. The number of hydrogen-bond donors (Lipinski definition) is 1. The Balaban J connectivity index is 2.41. The quantitative estimate of drug-likeness (QED) is 0.743. The van der Waals surface area contributed by atoms with Crippen LogP contribution in [-0.4, -0.2) is 9.55 Å². The Kier molecular flexibility index (Phi) is 2.92. The smallest absolute Gasteiger partial charge is 0.205 e. The normalized spacial score (nSPS) is 10.7. The van der Waals surface area contributed by atoms with Gasteiger partial charge in [-0.15, -0.1) is 0 Å². The van der Waals surface area contributed by atoms with Gasteiger partial charge in [0.1, 0.15) is 17.4 Å². The fourth-order valence-corrected chi connectivity index (χ4v) is 2.48. The molecule has 0 atom stereocenters. The minimum Gasteiger partial charge on any atom is -0.369 e. The van der Waals surface area contributed by atoms with Gasteiger partial charge < -0.3 is 5.73 Å². The third kappa shape index (κ3) is 1.84. The van der Waals surface area contributed by atoms with Crippen molar-refractivity contribution in [2.75, 3.05) is 5.73 Å². The summed E-state index contributed by atoms with van der Waals surface area (Å²) in [5, 5.41) is 9.14. The number of nitrogens with zero attached hydrogens (tertiary/aromatic N) is 3. The van der Waals surface area contributed by atoms with Crippen LogP contribution in [0.25, 0.3) is 16.7 Å². The lowest BCUT2D eigenvalue weighted by Gasteiger charge is -2.09. The predicted octanol–water partition coefficient (Wildman–Crippen LogP) is 3.38. The van der Waals surface area contributed by atoms with Crippen molar-refractivity contribution in [3.63, 3.8) is 0 Å². The summed E-state index contributed by atoms with van der Waals surface area (Å²) in [7, 11) is 0. The highest BCUT2D eigenvalue weighted by Crippen LogP contribution is 2.28. The van der Waals surface area contributed by atoms with Crippen molar-refractivity contribution in [1.82, 2.24) is 9.55 Å². The van der Waals surface area contributed by atoms with Crippen molar-refractivity contribution >= 4 is 32.9 Å². The highest BCUT2D eigenvalue weighted by Gasteiger charge is 2.15. The van der Waals surface area contributed by atoms with Gasteiger partial charge in [0.2, 0.25) is 5.95 Å². The molecule has 4 nitrogen and oxygen atoms in total. The molecule has 0 unspecified atom stereocenters. The first-order valence-electron chi connectivity index (χ1n) is 5.74. The molecule has 3 rings (SSSR count). The molecule has 0 saturated carbocycles. The molecule has 0 aliphatic rings. The van der Waals surface area contributed by atoms with E-state index in [1.807, 2.05) is 18.2 Å². The number of rotatable bonds is 1. The first-order valence-corrected chi connectivity index (χ1v) is 6.53. The highest BCUT2D eigenvalue weighted by atomic mass is 79.9. The molecule has 0 bridgehead atoms. The molecule has 3 aromatic rings. The molecule has 0 fully saturated rings. The fraction of sp³-hybridized carbons (Fsp3) is 0. The average Bonchev–Trinajstić information content (AvgIpc) is 2.73. The van der Waals surface area contributed by atoms with Gasteiger partial charge in [-0.1, -0.05) is 22.0 Å². The maximum absolute atomic E-state index is 13.7. The van der Waals surface area contributed by atoms with Gasteiger partial charge in [0, 0.05) is 4.47 Å². The van der Waals surface area contributed by atoms with Crippen molar-refractivity contribution in [2.45, 2.75) is 0 Å². The van der Waals surface area contributed by atoms with Crippen LogP contribution in [0.1, 0.15) is 5.56 Å². The van der Waals surface area contributed by atoms with E-state index in [1.54, 1.807) is 16.7 Å². The number of fused-ring (bicyclic) bond motifs is 1. The summed E-state index contributed by atoms with van der Waals surface area (Å²) in [6.45, 7) is 0. The van der Waals surface area contributed by atoms with Gasteiger partial charge in [-0.05, 0) is 30.3 Å². The lowest BCUT2D eigenvalue weighted by molar-refractivity contribution is 0.623. The van der Waals surface area contributed by atoms with Gasteiger partial charge in [0.15, 0.2) is 0 Å². The van der Waals surface area contributed by atoms with E-state index in [0.717, 1.165) is 4.47 Å². The number of hydrogen-bond acceptors (Lipinski definition) is 3. The van der Waals surface area contributed by atoms with Crippen LogP contribution in [0.2, 0.25) is 0 Å². The van der Waals surface area contributed by atoms with E-state index in [9.17, 15) is 4.39 Å². The fourth-order valence-electron chi connectivity index (χ4n) is 2.13. The van der Waals surface area contributed by atoms with E-state index in [2.05, 4.69) is 20.9 Å². The Morgan fingerprint density at radius 3 is 2.85 bits per heavy atom. The maximum atomic E-state index is 13.7. The number of nitrogen functional groups attached to an aromatic ring is 1. The summed E-state index contributed by atoms with van der Waals surface area (Å²) < 4.78 is 16.2. The van der Waals surface area contributed by atoms with Gasteiger partial charge in [0.05, 0.1) is 16.7 Å². The Hall–Kier alpha value is -2.39. The number of imidazole rings is 1. The minimum atomic E-state index is -0.582. The second-order valence-electron chi connectivity index (χ2n) is 4.18. The van der Waals surface area contributed by atoms with Crippen LogP contribution < -0.4 is 5.73 Å². The lowest BCUT2D eigenvalue weighted by atomic mass is 10.1. The molecule has 0 aliphatic carbocycles. The molecule has 0 aliphatic heterocycles. The van der Waals surface area contributed by atoms with Crippen molar-refractivity contribution in [3.8, 4) is 11.8 Å². The zero-order chi connectivity index (χ0) is 14.3. The number of halogens is 2. The van der Waals surface area contributed by atoms with Crippen LogP contribution in [-0.2, 0) is 0 Å². The summed E-state index contributed by atoms with van der Waals surface area (Å²) in [4.78, 5) is 4.22. The van der Waals surface area contributed by atoms with Crippen molar-refractivity contribution in [1.29, 1.82) is 5.26 Å². The molecule has 98 valence electrons. The standard InChI is InChI=1S/C14H8BrFN4/c15-8-4-5-11-13(6-8)20(14(18)19-11)12-3-1-2-10(16)9(12)7-17/h1-6H,(H2,18,19). The number of aromatic nitrogens is 2. The van der Waals surface area contributed by atoms with Gasteiger partial charge >= 0.3 is 0 Å². The van der Waals surface area contributed by atoms with Crippen LogP contribution in [0.5, 0.6) is 0 Å². The highest BCUT2D eigenvalue weighted by molar-refractivity contribution is 9.10. The number of nitrogens with two attached hydrogens (primary N) is 1. The van der Waals surface area contributed by atoms with E-state index in [4.69, 9.17) is 11.0 Å². The molecular weight excluding hydrogens is 323 g/mol. The summed E-state index contributed by atoms with van der Waals surface area (Å²) >= 11 is 3.38. The van der Waals surface area contributed by atoms with Gasteiger partial charge in [0.25, 0.3) is 0 Å². The molecule has 2 aromatic carbocycles. The molecule has 0 saturated heterocycles. The summed E-state index contributed by atoms with van der Waals surface area (Å²) in [5.41, 5.74) is 7.62. The lowest BCUT2D eigenvalue weighted by Crippen LogP contribution is -2.04. The molecule has 1 heterocycles. The second-order valence-corrected chi connectivity index (χ2v) is 5.10. The van der Waals surface area contributed by atoms with Gasteiger partial charge in [-0.2, -0.15) is 5.26 Å². The van der Waals surface area contributed by atoms with E-state index >= 15 is 0 Å². The summed E-state index contributed by atoms with van der Waals surface area (Å²) in [6, 6.07) is 11.8. The third-order valence-corrected chi connectivity index (χ3v) is 3.48. The number of benzene rings is 2. The molecule has 6 heteroatoms. The Bertz CT molecular complexity index is 863. The molecule has 2 N–H and O–H groups in total. The third-order valence-electron chi connectivity index (χ3n) is 2.99. The monoisotopic (exact) mass is 330 g/mol.